The Labute approximate surface area is 217 Å². The minimum atomic E-state index is -4.62. The van der Waals surface area contributed by atoms with Gasteiger partial charge in [0, 0.05) is 28.7 Å². The van der Waals surface area contributed by atoms with Crippen LogP contribution in [-0.4, -0.2) is 33.6 Å². The Kier molecular flexibility index (Phi) is 7.72. The van der Waals surface area contributed by atoms with E-state index in [4.69, 9.17) is 0 Å². The third kappa shape index (κ3) is 6.20. The van der Waals surface area contributed by atoms with E-state index < -0.39 is 52.2 Å². The number of benzene rings is 2. The number of aromatic nitrogens is 2. The van der Waals surface area contributed by atoms with Crippen LogP contribution in [0.1, 0.15) is 68.7 Å². The zero-order chi connectivity index (χ0) is 28.6. The quantitative estimate of drug-likeness (QED) is 0.381. The van der Waals surface area contributed by atoms with Crippen LogP contribution in [0.2, 0.25) is 0 Å². The summed E-state index contributed by atoms with van der Waals surface area (Å²) in [5.74, 6) is -2.60. The number of carbonyl (C=O) groups excluding carboxylic acids is 2. The minimum absolute atomic E-state index is 0.241. The molecule has 11 heteroatoms. The van der Waals surface area contributed by atoms with E-state index in [1.54, 1.807) is 40.7 Å². The summed E-state index contributed by atoms with van der Waals surface area (Å²) in [6, 6.07) is 7.54. The Morgan fingerprint density at radius 1 is 0.921 bits per heavy atom. The van der Waals surface area contributed by atoms with Crippen molar-refractivity contribution in [3.8, 4) is 0 Å². The van der Waals surface area contributed by atoms with E-state index >= 15 is 0 Å². The molecule has 3 rings (SSSR count). The highest BCUT2D eigenvalue weighted by molar-refractivity contribution is 6.02. The van der Waals surface area contributed by atoms with Crippen molar-refractivity contribution in [1.29, 1.82) is 0 Å². The van der Waals surface area contributed by atoms with Gasteiger partial charge in [-0.2, -0.15) is 18.3 Å². The van der Waals surface area contributed by atoms with Crippen LogP contribution in [0.25, 0.3) is 0 Å². The second-order valence-corrected chi connectivity index (χ2v) is 10.5. The summed E-state index contributed by atoms with van der Waals surface area (Å²) in [6.45, 7) is 10.1. The van der Waals surface area contributed by atoms with E-state index in [2.05, 4.69) is 15.5 Å². The van der Waals surface area contributed by atoms with E-state index in [1.165, 1.54) is 30.0 Å². The van der Waals surface area contributed by atoms with Gasteiger partial charge in [-0.1, -0.05) is 19.9 Å². The SMILES string of the molecule is CC(NC(=O)c1cccc(C(F)(F)F)c1)C(=O)N(c1cc(C(C)(C)c2cc(F)cc(F)c2)n[nH]1)C(C)(C)C. The first kappa shape index (κ1) is 28.8. The van der Waals surface area contributed by atoms with Crippen molar-refractivity contribution in [1.82, 2.24) is 15.5 Å². The highest BCUT2D eigenvalue weighted by Gasteiger charge is 2.36. The van der Waals surface area contributed by atoms with Crippen molar-refractivity contribution in [2.75, 3.05) is 4.90 Å². The average molecular weight is 537 g/mol. The van der Waals surface area contributed by atoms with Gasteiger partial charge in [0.1, 0.15) is 23.5 Å². The Bertz CT molecular complexity index is 1320. The van der Waals surface area contributed by atoms with Crippen LogP contribution in [0.5, 0.6) is 0 Å². The molecule has 1 aromatic heterocycles. The molecule has 1 unspecified atom stereocenters. The van der Waals surface area contributed by atoms with Crippen LogP contribution >= 0.6 is 0 Å². The molecule has 0 saturated carbocycles. The van der Waals surface area contributed by atoms with Gasteiger partial charge in [0.15, 0.2) is 0 Å². The number of H-pyrrole nitrogens is 1. The van der Waals surface area contributed by atoms with Crippen molar-refractivity contribution in [3.05, 3.63) is 82.5 Å². The van der Waals surface area contributed by atoms with Crippen molar-refractivity contribution in [2.45, 2.75) is 64.7 Å². The standard InChI is InChI=1S/C27H29F5N4O2/c1-15(33-23(37)16-8-7-9-17(10-16)27(30,31)32)24(38)36(25(2,3)4)22-14-21(34-35-22)26(5,6)18-11-19(28)13-20(29)12-18/h7-15H,1-6H3,(H,33,37)(H,34,35). The summed E-state index contributed by atoms with van der Waals surface area (Å²) in [7, 11) is 0. The number of halogens is 5. The van der Waals surface area contributed by atoms with Crippen LogP contribution in [0, 0.1) is 11.6 Å². The first-order valence-electron chi connectivity index (χ1n) is 11.8. The number of alkyl halides is 3. The Morgan fingerprint density at radius 2 is 1.53 bits per heavy atom. The molecule has 6 nitrogen and oxygen atoms in total. The number of rotatable bonds is 6. The van der Waals surface area contributed by atoms with Gasteiger partial charge in [-0.25, -0.2) is 8.78 Å². The fraction of sp³-hybridized carbons (Fsp3) is 0.370. The average Bonchev–Trinajstić information content (AvgIpc) is 3.27. The fourth-order valence-corrected chi connectivity index (χ4v) is 3.99. The largest absolute Gasteiger partial charge is 0.416 e. The van der Waals surface area contributed by atoms with Crippen LogP contribution < -0.4 is 10.2 Å². The number of amides is 2. The van der Waals surface area contributed by atoms with Gasteiger partial charge in [-0.15, -0.1) is 0 Å². The molecular formula is C27H29F5N4O2. The van der Waals surface area contributed by atoms with Crippen LogP contribution in [-0.2, 0) is 16.4 Å². The van der Waals surface area contributed by atoms with E-state index in [-0.39, 0.29) is 11.4 Å². The lowest BCUT2D eigenvalue weighted by Crippen LogP contribution is -2.54. The summed E-state index contributed by atoms with van der Waals surface area (Å²) in [6.07, 6.45) is -4.62. The van der Waals surface area contributed by atoms with Crippen molar-refractivity contribution in [2.24, 2.45) is 0 Å². The fourth-order valence-electron chi connectivity index (χ4n) is 3.99. The van der Waals surface area contributed by atoms with E-state index in [0.29, 0.717) is 17.3 Å². The normalized spacial score (nSPS) is 13.2. The zero-order valence-electron chi connectivity index (χ0n) is 21.8. The van der Waals surface area contributed by atoms with Crippen molar-refractivity contribution >= 4 is 17.6 Å². The molecule has 2 aromatic carbocycles. The molecule has 0 aliphatic carbocycles. The van der Waals surface area contributed by atoms with Crippen molar-refractivity contribution in [3.63, 3.8) is 0 Å². The van der Waals surface area contributed by atoms with Crippen LogP contribution in [0.3, 0.4) is 0 Å². The lowest BCUT2D eigenvalue weighted by molar-refractivity contribution is -0.137. The second-order valence-electron chi connectivity index (χ2n) is 10.5. The molecular weight excluding hydrogens is 507 g/mol. The number of hydrogen-bond donors (Lipinski definition) is 2. The van der Waals surface area contributed by atoms with E-state index in [1.807, 2.05) is 0 Å². The van der Waals surface area contributed by atoms with Gasteiger partial charge >= 0.3 is 6.18 Å². The smallest absolute Gasteiger partial charge is 0.341 e. The Balaban J connectivity index is 1.88. The molecule has 2 amide bonds. The Morgan fingerprint density at radius 3 is 2.08 bits per heavy atom. The third-order valence-electron chi connectivity index (χ3n) is 6.09. The molecule has 1 heterocycles. The number of nitrogens with zero attached hydrogens (tertiary/aromatic N) is 2. The van der Waals surface area contributed by atoms with Gasteiger partial charge in [-0.3, -0.25) is 19.6 Å². The third-order valence-corrected chi connectivity index (χ3v) is 6.09. The number of anilines is 1. The number of hydrogen-bond acceptors (Lipinski definition) is 3. The van der Waals surface area contributed by atoms with Gasteiger partial charge in [0.25, 0.3) is 11.8 Å². The van der Waals surface area contributed by atoms with Crippen molar-refractivity contribution < 1.29 is 31.5 Å². The summed E-state index contributed by atoms with van der Waals surface area (Å²) in [5, 5.41) is 9.53. The highest BCUT2D eigenvalue weighted by atomic mass is 19.4. The highest BCUT2D eigenvalue weighted by Crippen LogP contribution is 2.34. The molecule has 0 spiro atoms. The maximum Gasteiger partial charge on any atom is 0.416 e. The van der Waals surface area contributed by atoms with Gasteiger partial charge < -0.3 is 5.32 Å². The van der Waals surface area contributed by atoms with Crippen LogP contribution in [0.4, 0.5) is 27.8 Å². The van der Waals surface area contributed by atoms with Gasteiger partial charge in [0.05, 0.1) is 11.3 Å². The molecule has 2 N–H and O–H groups in total. The number of nitrogens with one attached hydrogen (secondary N) is 2. The zero-order valence-corrected chi connectivity index (χ0v) is 21.8. The molecule has 0 fully saturated rings. The number of carbonyl (C=O) groups is 2. The molecule has 3 aromatic rings. The molecule has 0 radical (unpaired) electrons. The summed E-state index contributed by atoms with van der Waals surface area (Å²) < 4.78 is 66.8. The topological polar surface area (TPSA) is 78.1 Å². The predicted octanol–water partition coefficient (Wildman–Crippen LogP) is 5.98. The summed E-state index contributed by atoms with van der Waals surface area (Å²) in [5.41, 5.74) is -2.23. The lowest BCUT2D eigenvalue weighted by Gasteiger charge is -2.36. The maximum absolute atomic E-state index is 13.9. The molecule has 0 saturated heterocycles. The molecule has 204 valence electrons. The second kappa shape index (κ2) is 10.2. The van der Waals surface area contributed by atoms with Crippen LogP contribution in [0.15, 0.2) is 48.5 Å². The summed E-state index contributed by atoms with van der Waals surface area (Å²) in [4.78, 5) is 27.5. The first-order chi connectivity index (χ1) is 17.4. The summed E-state index contributed by atoms with van der Waals surface area (Å²) >= 11 is 0. The van der Waals surface area contributed by atoms with E-state index in [9.17, 15) is 31.5 Å². The monoisotopic (exact) mass is 536 g/mol. The molecule has 1 atom stereocenters. The van der Waals surface area contributed by atoms with E-state index in [0.717, 1.165) is 18.2 Å². The lowest BCUT2D eigenvalue weighted by atomic mass is 9.81. The van der Waals surface area contributed by atoms with Gasteiger partial charge in [-0.05, 0) is 63.6 Å². The molecule has 38 heavy (non-hydrogen) atoms. The molecule has 0 aliphatic rings. The van der Waals surface area contributed by atoms with Gasteiger partial charge in [0.2, 0.25) is 0 Å². The minimum Gasteiger partial charge on any atom is -0.341 e. The first-order valence-corrected chi connectivity index (χ1v) is 11.8. The molecule has 0 aliphatic heterocycles. The number of aromatic amines is 1. The maximum atomic E-state index is 13.9. The predicted molar refractivity (Wildman–Crippen MR) is 133 cm³/mol. The Hall–Kier alpha value is -3.76. The molecule has 0 bridgehead atoms.